The average molecular weight is 483 g/mol. The average Bonchev–Trinajstić information content (AvgIpc) is 2.85. The van der Waals surface area contributed by atoms with Crippen molar-refractivity contribution in [3.63, 3.8) is 0 Å². The van der Waals surface area contributed by atoms with Crippen LogP contribution in [0.5, 0.6) is 5.75 Å². The van der Waals surface area contributed by atoms with Crippen molar-refractivity contribution in [3.05, 3.63) is 101 Å². The Morgan fingerprint density at radius 2 is 1.74 bits per heavy atom. The summed E-state index contributed by atoms with van der Waals surface area (Å²) < 4.78 is 44.2. The number of rotatable bonds is 6. The van der Waals surface area contributed by atoms with E-state index in [1.807, 2.05) is 30.3 Å². The summed E-state index contributed by atoms with van der Waals surface area (Å²) in [6.45, 7) is 1.91. The second-order valence-electron chi connectivity index (χ2n) is 8.73. The minimum absolute atomic E-state index is 0.00557. The molecule has 1 atom stereocenters. The topological polar surface area (TPSA) is 58.6 Å². The number of ether oxygens (including phenoxy) is 1. The van der Waals surface area contributed by atoms with E-state index in [1.165, 1.54) is 17.0 Å². The molecule has 5 nitrogen and oxygen atoms in total. The molecule has 1 N–H and O–H groups in total. The fourth-order valence-corrected chi connectivity index (χ4v) is 4.30. The van der Waals surface area contributed by atoms with Crippen molar-refractivity contribution in [2.75, 3.05) is 7.11 Å². The number of hydrogen-bond acceptors (Lipinski definition) is 3. The lowest BCUT2D eigenvalue weighted by molar-refractivity contribution is -0.137. The molecule has 0 bridgehead atoms. The predicted octanol–water partition coefficient (Wildman–Crippen LogP) is 4.99. The van der Waals surface area contributed by atoms with Gasteiger partial charge in [0.1, 0.15) is 11.3 Å². The van der Waals surface area contributed by atoms with Gasteiger partial charge >= 0.3 is 6.18 Å². The van der Waals surface area contributed by atoms with Crippen LogP contribution in [0.2, 0.25) is 0 Å². The highest BCUT2D eigenvalue weighted by Crippen LogP contribution is 2.34. The number of nitrogens with zero attached hydrogens (tertiary/aromatic N) is 1. The molecule has 0 aromatic heterocycles. The lowest BCUT2D eigenvalue weighted by Gasteiger charge is -2.44. The van der Waals surface area contributed by atoms with Gasteiger partial charge in [0.25, 0.3) is 5.91 Å². The lowest BCUT2D eigenvalue weighted by Crippen LogP contribution is -2.62. The number of nitrogens with one attached hydrogen (secondary N) is 1. The Morgan fingerprint density at radius 1 is 1.03 bits per heavy atom. The van der Waals surface area contributed by atoms with E-state index in [4.69, 9.17) is 4.74 Å². The highest BCUT2D eigenvalue weighted by molar-refractivity contribution is 6.02. The fraction of sp³-hybridized carbons (Fsp3) is 0.259. The summed E-state index contributed by atoms with van der Waals surface area (Å²) in [4.78, 5) is 28.4. The van der Waals surface area contributed by atoms with Crippen LogP contribution in [0.3, 0.4) is 0 Å². The van der Waals surface area contributed by atoms with E-state index in [1.54, 1.807) is 32.2 Å². The Balaban J connectivity index is 1.62. The highest BCUT2D eigenvalue weighted by atomic mass is 19.4. The first-order valence-corrected chi connectivity index (χ1v) is 11.1. The largest absolute Gasteiger partial charge is 0.497 e. The Labute approximate surface area is 201 Å². The van der Waals surface area contributed by atoms with E-state index < -0.39 is 17.3 Å². The first kappa shape index (κ1) is 24.3. The van der Waals surface area contributed by atoms with Crippen LogP contribution in [0.25, 0.3) is 0 Å². The molecule has 1 heterocycles. The molecule has 1 aliphatic rings. The molecule has 4 rings (SSSR count). The Bertz CT molecular complexity index is 1240. The summed E-state index contributed by atoms with van der Waals surface area (Å²) >= 11 is 0. The van der Waals surface area contributed by atoms with E-state index in [0.29, 0.717) is 16.9 Å². The van der Waals surface area contributed by atoms with Crippen molar-refractivity contribution in [3.8, 4) is 5.75 Å². The second-order valence-corrected chi connectivity index (χ2v) is 8.73. The number of alkyl halides is 3. The van der Waals surface area contributed by atoms with E-state index in [-0.39, 0.29) is 31.3 Å². The summed E-state index contributed by atoms with van der Waals surface area (Å²) in [6.07, 6.45) is -4.17. The molecule has 8 heteroatoms. The summed E-state index contributed by atoms with van der Waals surface area (Å²) in [5.41, 5.74) is 0.552. The number of fused-ring (bicyclic) bond motifs is 1. The van der Waals surface area contributed by atoms with Gasteiger partial charge in [0.05, 0.1) is 12.7 Å². The van der Waals surface area contributed by atoms with Crippen LogP contribution in [-0.4, -0.2) is 29.4 Å². The minimum atomic E-state index is -4.45. The van der Waals surface area contributed by atoms with Crippen LogP contribution in [0, 0.1) is 0 Å². The maximum absolute atomic E-state index is 13.5. The molecule has 0 aliphatic carbocycles. The van der Waals surface area contributed by atoms with Gasteiger partial charge in [0, 0.05) is 25.1 Å². The third-order valence-electron chi connectivity index (χ3n) is 6.32. The molecule has 2 amide bonds. The third kappa shape index (κ3) is 5.01. The molecule has 0 spiro atoms. The molecule has 0 fully saturated rings. The minimum Gasteiger partial charge on any atom is -0.497 e. The molecule has 35 heavy (non-hydrogen) atoms. The zero-order valence-corrected chi connectivity index (χ0v) is 19.4. The van der Waals surface area contributed by atoms with Crippen LogP contribution in [0.4, 0.5) is 13.2 Å². The maximum Gasteiger partial charge on any atom is 0.416 e. The molecule has 0 radical (unpaired) electrons. The maximum atomic E-state index is 13.5. The second kappa shape index (κ2) is 9.44. The molecule has 182 valence electrons. The normalized spacial score (nSPS) is 17.6. The quantitative estimate of drug-likeness (QED) is 0.539. The van der Waals surface area contributed by atoms with E-state index in [0.717, 1.165) is 23.3 Å². The van der Waals surface area contributed by atoms with Gasteiger partial charge in [0.15, 0.2) is 0 Å². The number of benzene rings is 3. The summed E-state index contributed by atoms with van der Waals surface area (Å²) in [7, 11) is 1.56. The number of carbonyl (C=O) groups is 2. The third-order valence-corrected chi connectivity index (χ3v) is 6.32. The molecule has 3 aromatic carbocycles. The number of amides is 2. The van der Waals surface area contributed by atoms with Crippen LogP contribution in [0.1, 0.15) is 39.5 Å². The zero-order valence-electron chi connectivity index (χ0n) is 19.4. The number of methoxy groups -OCH3 is 1. The van der Waals surface area contributed by atoms with Crippen LogP contribution >= 0.6 is 0 Å². The SMILES string of the molecule is COc1cccc(CNC(=O)[C@@]2(C)Cc3ccccc3C(=O)N2Cc2ccc(C(F)(F)F)cc2)c1. The van der Waals surface area contributed by atoms with Crippen LogP contribution < -0.4 is 10.1 Å². The molecule has 1 aliphatic heterocycles. The molecule has 0 saturated heterocycles. The molecule has 3 aromatic rings. The van der Waals surface area contributed by atoms with Crippen molar-refractivity contribution >= 4 is 11.8 Å². The zero-order chi connectivity index (χ0) is 25.2. The van der Waals surface area contributed by atoms with Crippen molar-refractivity contribution in [2.45, 2.75) is 38.1 Å². The predicted molar refractivity (Wildman–Crippen MR) is 125 cm³/mol. The molecular weight excluding hydrogens is 457 g/mol. The van der Waals surface area contributed by atoms with Gasteiger partial charge in [-0.25, -0.2) is 0 Å². The van der Waals surface area contributed by atoms with E-state index >= 15 is 0 Å². The lowest BCUT2D eigenvalue weighted by atomic mass is 9.82. The van der Waals surface area contributed by atoms with Crippen molar-refractivity contribution in [1.29, 1.82) is 0 Å². The van der Waals surface area contributed by atoms with Gasteiger partial charge in [0.2, 0.25) is 5.91 Å². The van der Waals surface area contributed by atoms with Crippen LogP contribution in [-0.2, 0) is 30.5 Å². The number of carbonyl (C=O) groups excluding carboxylic acids is 2. The van der Waals surface area contributed by atoms with Gasteiger partial charge in [-0.15, -0.1) is 0 Å². The van der Waals surface area contributed by atoms with Gasteiger partial charge < -0.3 is 15.0 Å². The van der Waals surface area contributed by atoms with Gasteiger partial charge in [-0.1, -0.05) is 42.5 Å². The van der Waals surface area contributed by atoms with E-state index in [9.17, 15) is 22.8 Å². The summed E-state index contributed by atoms with van der Waals surface area (Å²) in [5.74, 6) is -0.0328. The summed E-state index contributed by atoms with van der Waals surface area (Å²) in [5, 5.41) is 2.92. The first-order valence-electron chi connectivity index (χ1n) is 11.1. The number of hydrogen-bond donors (Lipinski definition) is 1. The van der Waals surface area contributed by atoms with Crippen molar-refractivity contribution in [2.24, 2.45) is 0 Å². The Morgan fingerprint density at radius 3 is 2.43 bits per heavy atom. The highest BCUT2D eigenvalue weighted by Gasteiger charge is 2.46. The van der Waals surface area contributed by atoms with Crippen molar-refractivity contribution in [1.82, 2.24) is 10.2 Å². The molecule has 0 unspecified atom stereocenters. The summed E-state index contributed by atoms with van der Waals surface area (Å²) in [6, 6.07) is 19.0. The smallest absolute Gasteiger partial charge is 0.416 e. The molecule has 0 saturated carbocycles. The van der Waals surface area contributed by atoms with Gasteiger partial charge in [-0.2, -0.15) is 13.2 Å². The van der Waals surface area contributed by atoms with Crippen LogP contribution in [0.15, 0.2) is 72.8 Å². The molecular formula is C27H25F3N2O3. The van der Waals surface area contributed by atoms with E-state index in [2.05, 4.69) is 5.32 Å². The Hall–Kier alpha value is -3.81. The first-order chi connectivity index (χ1) is 16.6. The number of halogens is 3. The Kier molecular flexibility index (Phi) is 6.56. The van der Waals surface area contributed by atoms with Crippen molar-refractivity contribution < 1.29 is 27.5 Å². The fourth-order valence-electron chi connectivity index (χ4n) is 4.30. The monoisotopic (exact) mass is 482 g/mol. The van der Waals surface area contributed by atoms with Gasteiger partial charge in [-0.3, -0.25) is 9.59 Å². The standard InChI is InChI=1S/C27H25F3N2O3/c1-26(25(34)31-16-19-6-5-8-22(14-19)35-2)15-20-7-3-4-9-23(20)24(33)32(26)17-18-10-12-21(13-11-18)27(28,29)30/h3-14H,15-17H2,1-2H3,(H,31,34)/t26-/m1/s1. The van der Waals surface area contributed by atoms with Gasteiger partial charge in [-0.05, 0) is 53.9 Å².